The molecule has 0 aliphatic heterocycles. The molecule has 0 amide bonds. The van der Waals surface area contributed by atoms with Gasteiger partial charge in [-0.2, -0.15) is 0 Å². The molecule has 2 N–H and O–H groups in total. The summed E-state index contributed by atoms with van der Waals surface area (Å²) in [6.45, 7) is 14.7. The van der Waals surface area contributed by atoms with Crippen LogP contribution in [0.15, 0.2) is 48.1 Å². The van der Waals surface area contributed by atoms with Crippen molar-refractivity contribution in [3.63, 3.8) is 0 Å². The fourth-order valence-electron chi connectivity index (χ4n) is 1.63. The maximum Gasteiger partial charge on any atom is 0.0269 e. The first-order valence-electron chi connectivity index (χ1n) is 7.44. The largest absolute Gasteiger partial charge is 0.412 e. The van der Waals surface area contributed by atoms with Crippen molar-refractivity contribution in [2.75, 3.05) is 0 Å². The molecule has 0 fully saturated rings. The Morgan fingerprint density at radius 1 is 1.24 bits per heavy atom. The predicted octanol–water partition coefficient (Wildman–Crippen LogP) is 5.09. The van der Waals surface area contributed by atoms with E-state index in [1.807, 2.05) is 13.0 Å². The van der Waals surface area contributed by atoms with Crippen molar-refractivity contribution in [2.24, 2.45) is 10.9 Å². The van der Waals surface area contributed by atoms with E-state index in [0.717, 1.165) is 24.3 Å². The molecule has 1 rings (SSSR count). The first kappa shape index (κ1) is 21.6. The van der Waals surface area contributed by atoms with Crippen LogP contribution in [0.4, 0.5) is 0 Å². The molecule has 0 radical (unpaired) electrons. The molecule has 0 atom stereocenters. The van der Waals surface area contributed by atoms with E-state index in [1.165, 1.54) is 11.1 Å². The number of nitrogens with zero attached hydrogens (tertiary/aromatic N) is 1. The molecule has 1 aromatic rings. The van der Waals surface area contributed by atoms with Gasteiger partial charge in [0.25, 0.3) is 0 Å². The van der Waals surface area contributed by atoms with Gasteiger partial charge in [-0.1, -0.05) is 65.0 Å². The second-order valence-corrected chi connectivity index (χ2v) is 5.39. The zero-order valence-electron chi connectivity index (χ0n) is 14.2. The van der Waals surface area contributed by atoms with Crippen LogP contribution in [0.25, 0.3) is 5.57 Å². The van der Waals surface area contributed by atoms with E-state index in [1.54, 1.807) is 12.4 Å². The standard InChI is InChI=1S/C15H19N.C4H10.H2O/c1-4-8-14-9-6-7-10-15(14)13(3)11-12-16-5-2;1-4(2)3;/h5-7,9-12H,3-4,8H2,1-2H3;4H,1-3H3;1H2/b12-11-,16-5?;;. The molecule has 0 saturated carbocycles. The van der Waals surface area contributed by atoms with E-state index in [2.05, 4.69) is 63.5 Å². The Bertz CT molecular complexity index is 442. The molecule has 21 heavy (non-hydrogen) atoms. The molecule has 1 aromatic carbocycles. The summed E-state index contributed by atoms with van der Waals surface area (Å²) < 4.78 is 0. The number of aliphatic imine (C=N–C) groups is 1. The maximum atomic E-state index is 4.08. The Morgan fingerprint density at radius 3 is 2.33 bits per heavy atom. The summed E-state index contributed by atoms with van der Waals surface area (Å²) in [4.78, 5) is 4.05. The molecule has 2 nitrogen and oxygen atoms in total. The van der Waals surface area contributed by atoms with Gasteiger partial charge in [-0.3, -0.25) is 4.99 Å². The first-order valence-corrected chi connectivity index (χ1v) is 7.44. The quantitative estimate of drug-likeness (QED) is 0.535. The predicted molar refractivity (Wildman–Crippen MR) is 96.9 cm³/mol. The number of allylic oxidation sites excluding steroid dienone is 2. The normalized spacial score (nSPS) is 10.4. The van der Waals surface area contributed by atoms with Crippen LogP contribution in [-0.4, -0.2) is 11.7 Å². The summed E-state index contributed by atoms with van der Waals surface area (Å²) >= 11 is 0. The Morgan fingerprint density at radius 2 is 1.81 bits per heavy atom. The third-order valence-corrected chi connectivity index (χ3v) is 2.39. The molecule has 0 aliphatic carbocycles. The van der Waals surface area contributed by atoms with Crippen LogP contribution in [0.5, 0.6) is 0 Å². The van der Waals surface area contributed by atoms with Crippen LogP contribution in [0.2, 0.25) is 0 Å². The SMILES string of the molecule is C=C(/C=C\N=CC)c1ccccc1CCC.CC(C)C.O. The van der Waals surface area contributed by atoms with Crippen molar-refractivity contribution in [1.82, 2.24) is 0 Å². The Kier molecular flexibility index (Phi) is 13.7. The average Bonchev–Trinajstić information content (AvgIpc) is 2.39. The van der Waals surface area contributed by atoms with Gasteiger partial charge in [0.2, 0.25) is 0 Å². The van der Waals surface area contributed by atoms with Crippen LogP contribution >= 0.6 is 0 Å². The van der Waals surface area contributed by atoms with Crippen LogP contribution in [0.3, 0.4) is 0 Å². The van der Waals surface area contributed by atoms with Gasteiger partial charge in [-0.05, 0) is 42.0 Å². The van der Waals surface area contributed by atoms with Crippen LogP contribution in [0.1, 0.15) is 52.2 Å². The topological polar surface area (TPSA) is 43.9 Å². The van der Waals surface area contributed by atoms with Gasteiger partial charge in [-0.25, -0.2) is 0 Å². The summed E-state index contributed by atoms with van der Waals surface area (Å²) in [7, 11) is 0. The van der Waals surface area contributed by atoms with Gasteiger partial charge in [-0.15, -0.1) is 0 Å². The van der Waals surface area contributed by atoms with E-state index >= 15 is 0 Å². The highest BCUT2D eigenvalue weighted by Gasteiger charge is 2.01. The number of hydrogen-bond acceptors (Lipinski definition) is 1. The van der Waals surface area contributed by atoms with Crippen molar-refractivity contribution in [1.29, 1.82) is 0 Å². The molecule has 2 heteroatoms. The lowest BCUT2D eigenvalue weighted by Gasteiger charge is -2.07. The molecule has 118 valence electrons. The number of aryl methyl sites for hydroxylation is 1. The number of benzene rings is 1. The lowest BCUT2D eigenvalue weighted by atomic mass is 9.98. The molecule has 0 heterocycles. The van der Waals surface area contributed by atoms with Gasteiger partial charge < -0.3 is 5.48 Å². The van der Waals surface area contributed by atoms with Crippen molar-refractivity contribution in [3.05, 3.63) is 54.2 Å². The van der Waals surface area contributed by atoms with E-state index in [-0.39, 0.29) is 5.48 Å². The van der Waals surface area contributed by atoms with Gasteiger partial charge >= 0.3 is 0 Å². The van der Waals surface area contributed by atoms with E-state index < -0.39 is 0 Å². The van der Waals surface area contributed by atoms with Gasteiger partial charge in [0.1, 0.15) is 0 Å². The van der Waals surface area contributed by atoms with Crippen LogP contribution in [-0.2, 0) is 6.42 Å². The molecule has 0 bridgehead atoms. The molecule has 0 spiro atoms. The second kappa shape index (κ2) is 13.3. The third kappa shape index (κ3) is 10.7. The minimum atomic E-state index is 0. The zero-order chi connectivity index (χ0) is 15.4. The van der Waals surface area contributed by atoms with E-state index in [4.69, 9.17) is 0 Å². The van der Waals surface area contributed by atoms with Crippen molar-refractivity contribution < 1.29 is 5.48 Å². The molecule has 0 saturated heterocycles. The lowest BCUT2D eigenvalue weighted by molar-refractivity contribution is 0.737. The summed E-state index contributed by atoms with van der Waals surface area (Å²) in [6.07, 6.45) is 7.75. The van der Waals surface area contributed by atoms with E-state index in [0.29, 0.717) is 0 Å². The van der Waals surface area contributed by atoms with E-state index in [9.17, 15) is 0 Å². The Labute approximate surface area is 130 Å². The summed E-state index contributed by atoms with van der Waals surface area (Å²) in [5.41, 5.74) is 3.61. The Balaban J connectivity index is 0. The number of hydrogen-bond donors (Lipinski definition) is 0. The molecule has 0 aliphatic rings. The zero-order valence-corrected chi connectivity index (χ0v) is 14.2. The third-order valence-electron chi connectivity index (χ3n) is 2.39. The summed E-state index contributed by atoms with van der Waals surface area (Å²) in [5.74, 6) is 0.833. The highest BCUT2D eigenvalue weighted by atomic mass is 16.0. The summed E-state index contributed by atoms with van der Waals surface area (Å²) in [6, 6.07) is 8.42. The first-order chi connectivity index (χ1) is 9.52. The highest BCUT2D eigenvalue weighted by molar-refractivity contribution is 5.74. The summed E-state index contributed by atoms with van der Waals surface area (Å²) in [5, 5.41) is 0. The minimum Gasteiger partial charge on any atom is -0.412 e. The van der Waals surface area contributed by atoms with Gasteiger partial charge in [0.05, 0.1) is 0 Å². The monoisotopic (exact) mass is 289 g/mol. The van der Waals surface area contributed by atoms with Crippen LogP contribution < -0.4 is 0 Å². The Hall–Kier alpha value is -1.67. The fourth-order valence-corrected chi connectivity index (χ4v) is 1.63. The maximum absolute atomic E-state index is 4.08. The van der Waals surface area contributed by atoms with Gasteiger partial charge in [0.15, 0.2) is 0 Å². The molecule has 0 unspecified atom stereocenters. The lowest BCUT2D eigenvalue weighted by Crippen LogP contribution is -1.90. The molecule has 0 aromatic heterocycles. The second-order valence-electron chi connectivity index (χ2n) is 5.39. The minimum absolute atomic E-state index is 0. The highest BCUT2D eigenvalue weighted by Crippen LogP contribution is 2.20. The average molecular weight is 289 g/mol. The van der Waals surface area contributed by atoms with Gasteiger partial charge in [0, 0.05) is 12.4 Å². The van der Waals surface area contributed by atoms with Crippen molar-refractivity contribution in [2.45, 2.75) is 47.5 Å². The molecular weight excluding hydrogens is 258 g/mol. The smallest absolute Gasteiger partial charge is 0.0269 e. The van der Waals surface area contributed by atoms with Crippen LogP contribution in [0, 0.1) is 5.92 Å². The number of rotatable bonds is 5. The van der Waals surface area contributed by atoms with Crippen molar-refractivity contribution in [3.8, 4) is 0 Å². The van der Waals surface area contributed by atoms with Crippen molar-refractivity contribution >= 4 is 11.8 Å². The fraction of sp³-hybridized carbons (Fsp3) is 0.421. The molecular formula is C19H31NO.